The van der Waals surface area contributed by atoms with E-state index < -0.39 is 0 Å². The lowest BCUT2D eigenvalue weighted by atomic mass is 10.1. The average molecular weight is 342 g/mol. The van der Waals surface area contributed by atoms with Crippen LogP contribution in [0.1, 0.15) is 27.9 Å². The molecular formula is C19H22N2O2S. The van der Waals surface area contributed by atoms with E-state index in [1.807, 2.05) is 11.0 Å². The van der Waals surface area contributed by atoms with Crippen molar-refractivity contribution in [1.29, 1.82) is 0 Å². The standard InChI is InChI=1S/C19H22N2O2S/c1-13-5-6-16(10-14(13)2)24-18-17(4-3-8-20-18)19(23)21-9-7-15(11-21)12-22/h3-6,8,10,15,22H,7,9,11-12H2,1-2H3. The highest BCUT2D eigenvalue weighted by molar-refractivity contribution is 7.99. The Morgan fingerprint density at radius 1 is 1.33 bits per heavy atom. The lowest BCUT2D eigenvalue weighted by Gasteiger charge is -2.17. The molecule has 0 saturated carbocycles. The minimum absolute atomic E-state index is 0.00498. The van der Waals surface area contributed by atoms with Gasteiger partial charge in [-0.05, 0) is 55.7 Å². The molecule has 126 valence electrons. The summed E-state index contributed by atoms with van der Waals surface area (Å²) >= 11 is 1.52. The minimum atomic E-state index is 0.00498. The molecule has 2 aromatic rings. The van der Waals surface area contributed by atoms with Gasteiger partial charge < -0.3 is 10.0 Å². The molecule has 1 saturated heterocycles. The van der Waals surface area contributed by atoms with E-state index in [0.29, 0.717) is 18.7 Å². The van der Waals surface area contributed by atoms with Gasteiger partial charge in [0.1, 0.15) is 5.03 Å². The molecule has 0 spiro atoms. The summed E-state index contributed by atoms with van der Waals surface area (Å²) in [5.41, 5.74) is 3.12. The smallest absolute Gasteiger partial charge is 0.256 e. The first-order chi connectivity index (χ1) is 11.6. The molecular weight excluding hydrogens is 320 g/mol. The van der Waals surface area contributed by atoms with Crippen molar-refractivity contribution < 1.29 is 9.90 Å². The van der Waals surface area contributed by atoms with Gasteiger partial charge in [0.15, 0.2) is 0 Å². The van der Waals surface area contributed by atoms with Crippen LogP contribution in [-0.4, -0.2) is 40.6 Å². The van der Waals surface area contributed by atoms with Crippen molar-refractivity contribution in [3.8, 4) is 0 Å². The number of nitrogens with zero attached hydrogens (tertiary/aromatic N) is 2. The number of amides is 1. The molecule has 1 N–H and O–H groups in total. The Morgan fingerprint density at radius 2 is 2.17 bits per heavy atom. The fourth-order valence-corrected chi connectivity index (χ4v) is 3.83. The normalized spacial score (nSPS) is 17.3. The topological polar surface area (TPSA) is 53.4 Å². The number of likely N-dealkylation sites (tertiary alicyclic amines) is 1. The van der Waals surface area contributed by atoms with Gasteiger partial charge in [0.05, 0.1) is 5.56 Å². The number of carbonyl (C=O) groups excluding carboxylic acids is 1. The molecule has 1 fully saturated rings. The maximum Gasteiger partial charge on any atom is 0.256 e. The fraction of sp³-hybridized carbons (Fsp3) is 0.368. The van der Waals surface area contributed by atoms with E-state index in [4.69, 9.17) is 0 Å². The Balaban J connectivity index is 1.82. The van der Waals surface area contributed by atoms with Gasteiger partial charge in [-0.1, -0.05) is 17.8 Å². The van der Waals surface area contributed by atoms with Crippen molar-refractivity contribution in [2.75, 3.05) is 19.7 Å². The highest BCUT2D eigenvalue weighted by atomic mass is 32.2. The van der Waals surface area contributed by atoms with Crippen LogP contribution in [0.4, 0.5) is 0 Å². The van der Waals surface area contributed by atoms with E-state index in [0.717, 1.165) is 16.3 Å². The third-order valence-corrected chi connectivity index (χ3v) is 5.53. The molecule has 2 heterocycles. The first-order valence-electron chi connectivity index (χ1n) is 8.18. The van der Waals surface area contributed by atoms with Crippen molar-refractivity contribution in [3.05, 3.63) is 53.2 Å². The summed E-state index contributed by atoms with van der Waals surface area (Å²) in [6.45, 7) is 5.64. The molecule has 1 aromatic heterocycles. The number of aromatic nitrogens is 1. The maximum absolute atomic E-state index is 12.8. The number of aryl methyl sites for hydroxylation is 2. The van der Waals surface area contributed by atoms with Crippen molar-refractivity contribution in [2.45, 2.75) is 30.2 Å². The number of pyridine rings is 1. The number of aliphatic hydroxyl groups is 1. The number of carbonyl (C=O) groups is 1. The molecule has 1 unspecified atom stereocenters. The number of hydrogen-bond donors (Lipinski definition) is 1. The lowest BCUT2D eigenvalue weighted by Crippen LogP contribution is -2.29. The summed E-state index contributed by atoms with van der Waals surface area (Å²) in [5, 5.41) is 10.0. The summed E-state index contributed by atoms with van der Waals surface area (Å²) in [7, 11) is 0. The molecule has 1 aliphatic rings. The molecule has 1 atom stereocenters. The third-order valence-electron chi connectivity index (χ3n) is 4.53. The van der Waals surface area contributed by atoms with Crippen molar-refractivity contribution in [2.24, 2.45) is 5.92 Å². The second kappa shape index (κ2) is 7.36. The van der Waals surface area contributed by atoms with E-state index in [-0.39, 0.29) is 18.4 Å². The van der Waals surface area contributed by atoms with Crippen LogP contribution in [0.15, 0.2) is 46.5 Å². The molecule has 4 nitrogen and oxygen atoms in total. The summed E-state index contributed by atoms with van der Waals surface area (Å²) < 4.78 is 0. The number of aliphatic hydroxyl groups excluding tert-OH is 1. The Kier molecular flexibility index (Phi) is 5.21. The van der Waals surface area contributed by atoms with Gasteiger partial charge in [0.2, 0.25) is 0 Å². The first kappa shape index (κ1) is 17.0. The van der Waals surface area contributed by atoms with Crippen molar-refractivity contribution in [3.63, 3.8) is 0 Å². The highest BCUT2D eigenvalue weighted by Gasteiger charge is 2.28. The van der Waals surface area contributed by atoms with E-state index in [1.165, 1.54) is 22.9 Å². The minimum Gasteiger partial charge on any atom is -0.396 e. The summed E-state index contributed by atoms with van der Waals surface area (Å²) in [6.07, 6.45) is 2.59. The Hall–Kier alpha value is -1.85. The summed E-state index contributed by atoms with van der Waals surface area (Å²) in [4.78, 5) is 20.2. The Labute approximate surface area is 146 Å². The summed E-state index contributed by atoms with van der Waals surface area (Å²) in [6, 6.07) is 9.92. The van der Waals surface area contributed by atoms with Gasteiger partial charge in [-0.3, -0.25) is 4.79 Å². The van der Waals surface area contributed by atoms with Crippen molar-refractivity contribution >= 4 is 17.7 Å². The number of benzene rings is 1. The zero-order chi connectivity index (χ0) is 17.1. The van der Waals surface area contributed by atoms with Crippen LogP contribution in [0.5, 0.6) is 0 Å². The van der Waals surface area contributed by atoms with Crippen LogP contribution in [0.25, 0.3) is 0 Å². The van der Waals surface area contributed by atoms with Gasteiger partial charge in [-0.2, -0.15) is 0 Å². The molecule has 1 amide bonds. The molecule has 5 heteroatoms. The highest BCUT2D eigenvalue weighted by Crippen LogP contribution is 2.31. The van der Waals surface area contributed by atoms with Crippen LogP contribution in [0, 0.1) is 19.8 Å². The van der Waals surface area contributed by atoms with Crippen LogP contribution in [-0.2, 0) is 0 Å². The second-order valence-electron chi connectivity index (χ2n) is 6.29. The largest absolute Gasteiger partial charge is 0.396 e. The fourth-order valence-electron chi connectivity index (χ4n) is 2.86. The number of hydrogen-bond acceptors (Lipinski definition) is 4. The van der Waals surface area contributed by atoms with Gasteiger partial charge in [-0.25, -0.2) is 4.98 Å². The van der Waals surface area contributed by atoms with Crippen LogP contribution < -0.4 is 0 Å². The molecule has 24 heavy (non-hydrogen) atoms. The SMILES string of the molecule is Cc1ccc(Sc2ncccc2C(=O)N2CCC(CO)C2)cc1C. The van der Waals surface area contributed by atoms with E-state index >= 15 is 0 Å². The Morgan fingerprint density at radius 3 is 2.88 bits per heavy atom. The maximum atomic E-state index is 12.8. The molecule has 1 aliphatic heterocycles. The predicted molar refractivity (Wildman–Crippen MR) is 95.4 cm³/mol. The van der Waals surface area contributed by atoms with E-state index in [1.54, 1.807) is 12.3 Å². The van der Waals surface area contributed by atoms with Gasteiger partial charge in [0, 0.05) is 36.7 Å². The van der Waals surface area contributed by atoms with E-state index in [2.05, 4.69) is 37.0 Å². The van der Waals surface area contributed by atoms with Crippen molar-refractivity contribution in [1.82, 2.24) is 9.88 Å². The zero-order valence-corrected chi connectivity index (χ0v) is 14.8. The molecule has 0 radical (unpaired) electrons. The van der Waals surface area contributed by atoms with Gasteiger partial charge >= 0.3 is 0 Å². The predicted octanol–water partition coefficient (Wildman–Crippen LogP) is 3.30. The van der Waals surface area contributed by atoms with E-state index in [9.17, 15) is 9.90 Å². The van der Waals surface area contributed by atoms with Crippen LogP contribution in [0.2, 0.25) is 0 Å². The summed E-state index contributed by atoms with van der Waals surface area (Å²) in [5.74, 6) is 0.201. The lowest BCUT2D eigenvalue weighted by molar-refractivity contribution is 0.0777. The third kappa shape index (κ3) is 3.62. The molecule has 3 rings (SSSR count). The molecule has 1 aromatic carbocycles. The molecule has 0 aliphatic carbocycles. The number of rotatable bonds is 4. The first-order valence-corrected chi connectivity index (χ1v) is 9.00. The van der Waals surface area contributed by atoms with Gasteiger partial charge in [0.25, 0.3) is 5.91 Å². The van der Waals surface area contributed by atoms with Crippen LogP contribution in [0.3, 0.4) is 0 Å². The quantitative estimate of drug-likeness (QED) is 0.926. The average Bonchev–Trinajstić information content (AvgIpc) is 3.07. The van der Waals surface area contributed by atoms with Crippen LogP contribution >= 0.6 is 11.8 Å². The molecule has 0 bridgehead atoms. The second-order valence-corrected chi connectivity index (χ2v) is 7.35. The zero-order valence-electron chi connectivity index (χ0n) is 14.0. The monoisotopic (exact) mass is 342 g/mol. The van der Waals surface area contributed by atoms with Gasteiger partial charge in [-0.15, -0.1) is 0 Å². The Bertz CT molecular complexity index is 748.